The zero-order chi connectivity index (χ0) is 14.9. The van der Waals surface area contributed by atoms with Crippen LogP contribution in [0.3, 0.4) is 0 Å². The number of nitrogens with zero attached hydrogens (tertiary/aromatic N) is 1. The maximum Gasteiger partial charge on any atom is 0.0593 e. The van der Waals surface area contributed by atoms with E-state index in [9.17, 15) is 0 Å². The first-order valence-corrected chi connectivity index (χ1v) is 9.15. The van der Waals surface area contributed by atoms with Gasteiger partial charge in [0.25, 0.3) is 0 Å². The van der Waals surface area contributed by atoms with E-state index in [4.69, 9.17) is 4.74 Å². The number of unbranched alkanes of at least 4 members (excludes halogenated alkanes) is 7. The van der Waals surface area contributed by atoms with Crippen molar-refractivity contribution in [2.75, 3.05) is 32.8 Å². The second-order valence-corrected chi connectivity index (χ2v) is 5.93. The van der Waals surface area contributed by atoms with E-state index in [1.807, 2.05) is 0 Å². The predicted octanol–water partition coefficient (Wildman–Crippen LogP) is 5.27. The highest BCUT2D eigenvalue weighted by molar-refractivity contribution is 4.59. The summed E-state index contributed by atoms with van der Waals surface area (Å²) < 4.78 is 5.72. The normalized spacial score (nSPS) is 11.4. The largest absolute Gasteiger partial charge is 0.380 e. The molecule has 2 heteroatoms. The second-order valence-electron chi connectivity index (χ2n) is 5.93. The van der Waals surface area contributed by atoms with Crippen LogP contribution in [-0.4, -0.2) is 37.7 Å². The van der Waals surface area contributed by atoms with Gasteiger partial charge in [-0.25, -0.2) is 0 Å². The number of hydrogen-bond acceptors (Lipinski definition) is 2. The summed E-state index contributed by atoms with van der Waals surface area (Å²) in [7, 11) is 0. The minimum absolute atomic E-state index is 0.918. The molecule has 0 aromatic heterocycles. The highest BCUT2D eigenvalue weighted by atomic mass is 16.5. The SMILES string of the molecule is CCCCCCN(CCCCCC)CCOCCCC. The van der Waals surface area contributed by atoms with Gasteiger partial charge in [-0.3, -0.25) is 0 Å². The molecule has 0 heterocycles. The quantitative estimate of drug-likeness (QED) is 0.358. The van der Waals surface area contributed by atoms with Crippen molar-refractivity contribution < 1.29 is 4.74 Å². The molecule has 20 heavy (non-hydrogen) atoms. The molecule has 0 bridgehead atoms. The van der Waals surface area contributed by atoms with Crippen LogP contribution in [0.2, 0.25) is 0 Å². The van der Waals surface area contributed by atoms with Gasteiger partial charge < -0.3 is 9.64 Å². The van der Waals surface area contributed by atoms with Gasteiger partial charge in [0.05, 0.1) is 6.61 Å². The van der Waals surface area contributed by atoms with Crippen LogP contribution in [-0.2, 0) is 4.74 Å². The number of rotatable bonds is 16. The molecule has 0 amide bonds. The van der Waals surface area contributed by atoms with Crippen LogP contribution >= 0.6 is 0 Å². The van der Waals surface area contributed by atoms with E-state index in [1.54, 1.807) is 0 Å². The molecule has 0 atom stereocenters. The van der Waals surface area contributed by atoms with E-state index in [-0.39, 0.29) is 0 Å². The molecule has 0 radical (unpaired) electrons. The monoisotopic (exact) mass is 285 g/mol. The molecule has 0 spiro atoms. The van der Waals surface area contributed by atoms with Gasteiger partial charge in [-0.1, -0.05) is 65.7 Å². The van der Waals surface area contributed by atoms with Gasteiger partial charge in [0.15, 0.2) is 0 Å². The second kappa shape index (κ2) is 17.0. The van der Waals surface area contributed by atoms with E-state index >= 15 is 0 Å². The summed E-state index contributed by atoms with van der Waals surface area (Å²) in [6, 6.07) is 0. The third-order valence-electron chi connectivity index (χ3n) is 3.85. The molecule has 0 aliphatic rings. The van der Waals surface area contributed by atoms with Gasteiger partial charge in [0.2, 0.25) is 0 Å². The van der Waals surface area contributed by atoms with Gasteiger partial charge in [0.1, 0.15) is 0 Å². The average Bonchev–Trinajstić information content (AvgIpc) is 2.47. The van der Waals surface area contributed by atoms with Crippen LogP contribution in [0.1, 0.15) is 85.0 Å². The summed E-state index contributed by atoms with van der Waals surface area (Å²) >= 11 is 0. The van der Waals surface area contributed by atoms with E-state index in [2.05, 4.69) is 25.7 Å². The molecular weight excluding hydrogens is 246 g/mol. The van der Waals surface area contributed by atoms with E-state index < -0.39 is 0 Å². The Morgan fingerprint density at radius 3 is 1.60 bits per heavy atom. The molecule has 0 unspecified atom stereocenters. The van der Waals surface area contributed by atoms with Crippen LogP contribution in [0.25, 0.3) is 0 Å². The van der Waals surface area contributed by atoms with Crippen molar-refractivity contribution in [3.05, 3.63) is 0 Å². The molecule has 122 valence electrons. The highest BCUT2D eigenvalue weighted by Crippen LogP contribution is 2.05. The van der Waals surface area contributed by atoms with Crippen molar-refractivity contribution >= 4 is 0 Å². The third-order valence-corrected chi connectivity index (χ3v) is 3.85. The van der Waals surface area contributed by atoms with Crippen LogP contribution in [0, 0.1) is 0 Å². The number of hydrogen-bond donors (Lipinski definition) is 0. The molecule has 0 N–H and O–H groups in total. The molecular formula is C18H39NO. The van der Waals surface area contributed by atoms with Gasteiger partial charge in [-0.2, -0.15) is 0 Å². The summed E-state index contributed by atoms with van der Waals surface area (Å²) in [5.41, 5.74) is 0. The van der Waals surface area contributed by atoms with Gasteiger partial charge in [0, 0.05) is 13.2 Å². The third kappa shape index (κ3) is 14.3. The summed E-state index contributed by atoms with van der Waals surface area (Å²) in [6.07, 6.45) is 13.4. The zero-order valence-corrected chi connectivity index (χ0v) is 14.5. The molecule has 0 saturated heterocycles. The first-order valence-electron chi connectivity index (χ1n) is 9.15. The van der Waals surface area contributed by atoms with Crippen molar-refractivity contribution in [2.24, 2.45) is 0 Å². The van der Waals surface area contributed by atoms with Crippen molar-refractivity contribution in [1.82, 2.24) is 4.90 Å². The van der Waals surface area contributed by atoms with E-state index in [0.29, 0.717) is 0 Å². The minimum atomic E-state index is 0.918. The lowest BCUT2D eigenvalue weighted by Gasteiger charge is -2.22. The number of ether oxygens (including phenoxy) is 1. The lowest BCUT2D eigenvalue weighted by molar-refractivity contribution is 0.1000. The fraction of sp³-hybridized carbons (Fsp3) is 1.00. The maximum atomic E-state index is 5.72. The lowest BCUT2D eigenvalue weighted by atomic mass is 10.1. The molecule has 0 fully saturated rings. The van der Waals surface area contributed by atoms with Crippen LogP contribution < -0.4 is 0 Å². The molecule has 0 saturated carbocycles. The Morgan fingerprint density at radius 1 is 0.550 bits per heavy atom. The molecule has 2 nitrogen and oxygen atoms in total. The summed E-state index contributed by atoms with van der Waals surface area (Å²) in [4.78, 5) is 2.62. The first kappa shape index (κ1) is 19.9. The predicted molar refractivity (Wildman–Crippen MR) is 90.5 cm³/mol. The van der Waals surface area contributed by atoms with Crippen LogP contribution in [0.5, 0.6) is 0 Å². The van der Waals surface area contributed by atoms with Crippen molar-refractivity contribution in [3.8, 4) is 0 Å². The summed E-state index contributed by atoms with van der Waals surface area (Å²) in [5, 5.41) is 0. The fourth-order valence-corrected chi connectivity index (χ4v) is 2.40. The first-order chi connectivity index (χ1) is 9.85. The van der Waals surface area contributed by atoms with Gasteiger partial charge in [-0.05, 0) is 32.4 Å². The van der Waals surface area contributed by atoms with Crippen molar-refractivity contribution in [1.29, 1.82) is 0 Å². The van der Waals surface area contributed by atoms with Crippen molar-refractivity contribution in [3.63, 3.8) is 0 Å². The average molecular weight is 286 g/mol. The Balaban J connectivity index is 3.67. The summed E-state index contributed by atoms with van der Waals surface area (Å²) in [5.74, 6) is 0. The van der Waals surface area contributed by atoms with Gasteiger partial charge >= 0.3 is 0 Å². The Labute approximate surface area is 128 Å². The van der Waals surface area contributed by atoms with Crippen molar-refractivity contribution in [2.45, 2.75) is 85.0 Å². The smallest absolute Gasteiger partial charge is 0.0593 e. The molecule has 0 aliphatic heterocycles. The molecule has 0 aromatic carbocycles. The Kier molecular flexibility index (Phi) is 16.9. The Morgan fingerprint density at radius 2 is 1.10 bits per heavy atom. The highest BCUT2D eigenvalue weighted by Gasteiger charge is 2.04. The topological polar surface area (TPSA) is 12.5 Å². The van der Waals surface area contributed by atoms with Crippen LogP contribution in [0.15, 0.2) is 0 Å². The van der Waals surface area contributed by atoms with Gasteiger partial charge in [-0.15, -0.1) is 0 Å². The minimum Gasteiger partial charge on any atom is -0.380 e. The van der Waals surface area contributed by atoms with E-state index in [1.165, 1.54) is 77.3 Å². The zero-order valence-electron chi connectivity index (χ0n) is 14.5. The molecule has 0 aromatic rings. The van der Waals surface area contributed by atoms with E-state index in [0.717, 1.165) is 19.8 Å². The Hall–Kier alpha value is -0.0800. The van der Waals surface area contributed by atoms with Crippen LogP contribution in [0.4, 0.5) is 0 Å². The molecule has 0 rings (SSSR count). The maximum absolute atomic E-state index is 5.72. The fourth-order valence-electron chi connectivity index (χ4n) is 2.40. The molecule has 0 aliphatic carbocycles. The summed E-state index contributed by atoms with van der Waals surface area (Å²) in [6.45, 7) is 12.3. The Bertz CT molecular complexity index is 161. The standard InChI is InChI=1S/C18H39NO/c1-4-7-10-12-14-19(15-13-11-8-5-2)16-18-20-17-9-6-3/h4-18H2,1-3H3. The lowest BCUT2D eigenvalue weighted by Crippen LogP contribution is -2.30.